The first kappa shape index (κ1) is 15.4. The van der Waals surface area contributed by atoms with E-state index in [9.17, 15) is 9.90 Å². The number of amides is 1. The van der Waals surface area contributed by atoms with E-state index < -0.39 is 23.9 Å². The summed E-state index contributed by atoms with van der Waals surface area (Å²) in [5, 5.41) is 21.6. The molecule has 0 bridgehead atoms. The number of ether oxygens (including phenoxy) is 2. The Hall–Kier alpha value is -0.690. The van der Waals surface area contributed by atoms with Crippen molar-refractivity contribution in [1.82, 2.24) is 5.32 Å². The van der Waals surface area contributed by atoms with Gasteiger partial charge in [0.2, 0.25) is 0 Å². The Morgan fingerprint density at radius 3 is 2.50 bits per heavy atom. The van der Waals surface area contributed by atoms with Gasteiger partial charge in [-0.3, -0.25) is 4.79 Å². The van der Waals surface area contributed by atoms with Crippen LogP contribution >= 0.6 is 0 Å². The van der Waals surface area contributed by atoms with Crippen LogP contribution < -0.4 is 5.32 Å². The molecule has 0 spiro atoms. The molecule has 2 unspecified atom stereocenters. The largest absolute Gasteiger partial charge is 0.394 e. The number of hydrogen-bond acceptors (Lipinski definition) is 5. The second-order valence-corrected chi connectivity index (χ2v) is 5.35. The summed E-state index contributed by atoms with van der Waals surface area (Å²) in [7, 11) is 0. The maximum absolute atomic E-state index is 11.8. The average molecular weight is 261 g/mol. The fraction of sp³-hybridized carbons (Fsp3) is 0.917. The molecular formula is C12H23NO5. The summed E-state index contributed by atoms with van der Waals surface area (Å²) in [6, 6.07) is -0.373. The molecule has 0 aromatic carbocycles. The minimum Gasteiger partial charge on any atom is -0.394 e. The lowest BCUT2D eigenvalue weighted by molar-refractivity contribution is -0.159. The van der Waals surface area contributed by atoms with Crippen LogP contribution in [-0.2, 0) is 14.3 Å². The average Bonchev–Trinajstić information content (AvgIpc) is 2.64. The Balaban J connectivity index is 2.52. The van der Waals surface area contributed by atoms with E-state index in [0.29, 0.717) is 0 Å². The van der Waals surface area contributed by atoms with Crippen LogP contribution in [0.3, 0.4) is 0 Å². The van der Waals surface area contributed by atoms with Gasteiger partial charge in [0, 0.05) is 0 Å². The molecule has 1 fully saturated rings. The van der Waals surface area contributed by atoms with Crippen LogP contribution in [0.4, 0.5) is 0 Å². The number of carbonyl (C=O) groups is 1. The van der Waals surface area contributed by atoms with Crippen LogP contribution in [0.2, 0.25) is 0 Å². The lowest BCUT2D eigenvalue weighted by Crippen LogP contribution is -2.50. The normalized spacial score (nSPS) is 26.1. The van der Waals surface area contributed by atoms with Crippen molar-refractivity contribution in [1.29, 1.82) is 0 Å². The summed E-state index contributed by atoms with van der Waals surface area (Å²) >= 11 is 0. The molecule has 1 saturated heterocycles. The van der Waals surface area contributed by atoms with Crippen molar-refractivity contribution < 1.29 is 24.5 Å². The van der Waals surface area contributed by atoms with Crippen molar-refractivity contribution in [2.75, 3.05) is 13.2 Å². The predicted octanol–water partition coefficient (Wildman–Crippen LogP) is -0.368. The SMILES string of the molecule is CC(C)[C@@H](CO)NC(=O)C(O)C1COC(C)(C)O1. The second-order valence-electron chi connectivity index (χ2n) is 5.35. The quantitative estimate of drug-likeness (QED) is 0.628. The molecule has 0 aromatic heterocycles. The zero-order chi connectivity index (χ0) is 13.9. The maximum atomic E-state index is 11.8. The molecular weight excluding hydrogens is 238 g/mol. The Bertz CT molecular complexity index is 292. The minimum absolute atomic E-state index is 0.0864. The van der Waals surface area contributed by atoms with E-state index in [1.54, 1.807) is 13.8 Å². The number of rotatable bonds is 5. The Morgan fingerprint density at radius 1 is 1.50 bits per heavy atom. The summed E-state index contributed by atoms with van der Waals surface area (Å²) in [5.74, 6) is -1.24. The van der Waals surface area contributed by atoms with Crippen molar-refractivity contribution in [2.24, 2.45) is 5.92 Å². The van der Waals surface area contributed by atoms with Gasteiger partial charge in [0.25, 0.3) is 5.91 Å². The molecule has 1 rings (SSSR count). The van der Waals surface area contributed by atoms with Crippen LogP contribution in [0.1, 0.15) is 27.7 Å². The van der Waals surface area contributed by atoms with E-state index in [4.69, 9.17) is 14.6 Å². The van der Waals surface area contributed by atoms with Crippen LogP contribution in [0, 0.1) is 5.92 Å². The van der Waals surface area contributed by atoms with Crippen LogP contribution in [-0.4, -0.2) is 53.4 Å². The van der Waals surface area contributed by atoms with Gasteiger partial charge >= 0.3 is 0 Å². The Labute approximate surface area is 107 Å². The highest BCUT2D eigenvalue weighted by molar-refractivity contribution is 5.81. The van der Waals surface area contributed by atoms with E-state index in [-0.39, 0.29) is 25.2 Å². The van der Waals surface area contributed by atoms with Crippen molar-refractivity contribution >= 4 is 5.91 Å². The van der Waals surface area contributed by atoms with Crippen molar-refractivity contribution in [3.05, 3.63) is 0 Å². The minimum atomic E-state index is -1.29. The fourth-order valence-corrected chi connectivity index (χ4v) is 1.73. The number of aliphatic hydroxyl groups excluding tert-OH is 2. The first-order chi connectivity index (χ1) is 8.26. The Kier molecular flexibility index (Phi) is 5.10. The van der Waals surface area contributed by atoms with Gasteiger partial charge in [-0.15, -0.1) is 0 Å². The molecule has 18 heavy (non-hydrogen) atoms. The van der Waals surface area contributed by atoms with Gasteiger partial charge in [-0.25, -0.2) is 0 Å². The van der Waals surface area contributed by atoms with Crippen LogP contribution in [0.25, 0.3) is 0 Å². The molecule has 6 nitrogen and oxygen atoms in total. The number of hydrogen-bond donors (Lipinski definition) is 3. The lowest BCUT2D eigenvalue weighted by Gasteiger charge is -2.24. The molecule has 0 aromatic rings. The molecule has 1 amide bonds. The summed E-state index contributed by atoms with van der Waals surface area (Å²) in [6.45, 7) is 7.22. The van der Waals surface area contributed by atoms with Gasteiger partial charge in [0.15, 0.2) is 11.9 Å². The lowest BCUT2D eigenvalue weighted by atomic mass is 10.0. The van der Waals surface area contributed by atoms with E-state index >= 15 is 0 Å². The number of carbonyl (C=O) groups excluding carboxylic acids is 1. The standard InChI is InChI=1S/C12H23NO5/c1-7(2)8(5-14)13-11(16)10(15)9-6-17-12(3,4)18-9/h7-10,14-15H,5-6H2,1-4H3,(H,13,16)/t8-,9?,10?/m1/s1. The van der Waals surface area contributed by atoms with Gasteiger partial charge in [-0.1, -0.05) is 13.8 Å². The van der Waals surface area contributed by atoms with E-state index in [1.165, 1.54) is 0 Å². The van der Waals surface area contributed by atoms with Gasteiger partial charge < -0.3 is 25.0 Å². The van der Waals surface area contributed by atoms with Gasteiger partial charge in [0.1, 0.15) is 6.10 Å². The van der Waals surface area contributed by atoms with Crippen molar-refractivity contribution in [3.8, 4) is 0 Å². The van der Waals surface area contributed by atoms with Crippen molar-refractivity contribution in [2.45, 2.75) is 51.7 Å². The topological polar surface area (TPSA) is 88.0 Å². The number of aliphatic hydroxyl groups is 2. The molecule has 106 valence electrons. The summed E-state index contributed by atoms with van der Waals surface area (Å²) in [6.07, 6.45) is -1.97. The summed E-state index contributed by atoms with van der Waals surface area (Å²) in [4.78, 5) is 11.8. The zero-order valence-electron chi connectivity index (χ0n) is 11.3. The molecule has 0 saturated carbocycles. The zero-order valence-corrected chi connectivity index (χ0v) is 11.3. The summed E-state index contributed by atoms with van der Waals surface area (Å²) < 4.78 is 10.7. The molecule has 3 N–H and O–H groups in total. The van der Waals surface area contributed by atoms with E-state index in [2.05, 4.69) is 5.32 Å². The third-order valence-corrected chi connectivity index (χ3v) is 2.98. The third kappa shape index (κ3) is 3.91. The van der Waals surface area contributed by atoms with Gasteiger partial charge in [-0.05, 0) is 19.8 Å². The molecule has 6 heteroatoms. The molecule has 3 atom stereocenters. The Morgan fingerprint density at radius 2 is 2.11 bits per heavy atom. The predicted molar refractivity (Wildman–Crippen MR) is 64.8 cm³/mol. The highest BCUT2D eigenvalue weighted by Crippen LogP contribution is 2.24. The summed E-state index contributed by atoms with van der Waals surface area (Å²) in [5.41, 5.74) is 0. The van der Waals surface area contributed by atoms with Crippen LogP contribution in [0.5, 0.6) is 0 Å². The monoisotopic (exact) mass is 261 g/mol. The maximum Gasteiger partial charge on any atom is 0.251 e. The highest BCUT2D eigenvalue weighted by atomic mass is 16.7. The number of nitrogens with one attached hydrogen (secondary N) is 1. The van der Waals surface area contributed by atoms with E-state index in [0.717, 1.165) is 0 Å². The van der Waals surface area contributed by atoms with Crippen LogP contribution in [0.15, 0.2) is 0 Å². The molecule has 0 aliphatic carbocycles. The first-order valence-electron chi connectivity index (χ1n) is 6.18. The second kappa shape index (κ2) is 5.97. The highest BCUT2D eigenvalue weighted by Gasteiger charge is 2.40. The molecule has 1 heterocycles. The fourth-order valence-electron chi connectivity index (χ4n) is 1.73. The van der Waals surface area contributed by atoms with Gasteiger partial charge in [-0.2, -0.15) is 0 Å². The molecule has 0 radical (unpaired) electrons. The molecule has 1 aliphatic rings. The smallest absolute Gasteiger partial charge is 0.251 e. The van der Waals surface area contributed by atoms with Crippen molar-refractivity contribution in [3.63, 3.8) is 0 Å². The van der Waals surface area contributed by atoms with E-state index in [1.807, 2.05) is 13.8 Å². The third-order valence-electron chi connectivity index (χ3n) is 2.98. The molecule has 1 aliphatic heterocycles. The first-order valence-corrected chi connectivity index (χ1v) is 6.18. The van der Waals surface area contributed by atoms with Gasteiger partial charge in [0.05, 0.1) is 19.3 Å².